The maximum atomic E-state index is 12.7. The summed E-state index contributed by atoms with van der Waals surface area (Å²) in [5.74, 6) is 0.395. The number of nitro groups is 1. The van der Waals surface area contributed by atoms with Crippen LogP contribution in [0, 0.1) is 10.1 Å². The SMILES string of the molecule is CNc1ccc([N+](=O)[O-])cc1C(=O)NC1CCOc2ccccc21. The van der Waals surface area contributed by atoms with Gasteiger partial charge in [0.2, 0.25) is 0 Å². The van der Waals surface area contributed by atoms with Crippen molar-refractivity contribution in [2.75, 3.05) is 19.0 Å². The van der Waals surface area contributed by atoms with Gasteiger partial charge in [-0.15, -0.1) is 0 Å². The molecule has 2 aromatic rings. The van der Waals surface area contributed by atoms with Crippen molar-refractivity contribution in [3.05, 3.63) is 63.7 Å². The van der Waals surface area contributed by atoms with Crippen LogP contribution in [0.5, 0.6) is 5.75 Å². The summed E-state index contributed by atoms with van der Waals surface area (Å²) >= 11 is 0. The van der Waals surface area contributed by atoms with Crippen molar-refractivity contribution < 1.29 is 14.5 Å². The van der Waals surface area contributed by atoms with Gasteiger partial charge in [0.25, 0.3) is 11.6 Å². The van der Waals surface area contributed by atoms with Gasteiger partial charge >= 0.3 is 0 Å². The lowest BCUT2D eigenvalue weighted by Gasteiger charge is -2.26. The van der Waals surface area contributed by atoms with Gasteiger partial charge in [-0.3, -0.25) is 14.9 Å². The Balaban J connectivity index is 1.88. The Hall–Kier alpha value is -3.09. The molecule has 0 aromatic heterocycles. The van der Waals surface area contributed by atoms with Crippen LogP contribution in [0.3, 0.4) is 0 Å². The smallest absolute Gasteiger partial charge is 0.270 e. The molecule has 0 spiro atoms. The van der Waals surface area contributed by atoms with E-state index in [1.165, 1.54) is 18.2 Å². The highest BCUT2D eigenvalue weighted by atomic mass is 16.6. The number of non-ortho nitro benzene ring substituents is 1. The third kappa shape index (κ3) is 3.01. The van der Waals surface area contributed by atoms with Gasteiger partial charge in [0, 0.05) is 36.9 Å². The molecule has 124 valence electrons. The molecule has 1 amide bonds. The molecule has 2 aromatic carbocycles. The number of nitrogens with zero attached hydrogens (tertiary/aromatic N) is 1. The van der Waals surface area contributed by atoms with Crippen LogP contribution >= 0.6 is 0 Å². The van der Waals surface area contributed by atoms with E-state index in [9.17, 15) is 14.9 Å². The van der Waals surface area contributed by atoms with Crippen molar-refractivity contribution in [3.8, 4) is 5.75 Å². The molecule has 1 aliphatic heterocycles. The molecular weight excluding hydrogens is 310 g/mol. The molecule has 1 heterocycles. The molecule has 0 fully saturated rings. The van der Waals surface area contributed by atoms with Crippen LogP contribution < -0.4 is 15.4 Å². The van der Waals surface area contributed by atoms with Gasteiger partial charge < -0.3 is 15.4 Å². The van der Waals surface area contributed by atoms with E-state index in [0.29, 0.717) is 18.7 Å². The van der Waals surface area contributed by atoms with Gasteiger partial charge in [-0.2, -0.15) is 0 Å². The summed E-state index contributed by atoms with van der Waals surface area (Å²) in [4.78, 5) is 23.1. The van der Waals surface area contributed by atoms with Crippen LogP contribution in [0.2, 0.25) is 0 Å². The van der Waals surface area contributed by atoms with Crippen LogP contribution in [0.4, 0.5) is 11.4 Å². The molecule has 3 rings (SSSR count). The zero-order chi connectivity index (χ0) is 17.1. The molecule has 0 aliphatic carbocycles. The van der Waals surface area contributed by atoms with E-state index in [1.807, 2.05) is 24.3 Å². The number of fused-ring (bicyclic) bond motifs is 1. The molecular formula is C17H17N3O4. The first kappa shape index (κ1) is 15.8. The number of nitro benzene ring substituents is 1. The van der Waals surface area contributed by atoms with E-state index < -0.39 is 4.92 Å². The topological polar surface area (TPSA) is 93.5 Å². The predicted molar refractivity (Wildman–Crippen MR) is 89.4 cm³/mol. The van der Waals surface area contributed by atoms with Gasteiger partial charge in [0.05, 0.1) is 23.1 Å². The number of benzene rings is 2. The van der Waals surface area contributed by atoms with Crippen molar-refractivity contribution in [2.45, 2.75) is 12.5 Å². The normalized spacial score (nSPS) is 15.8. The summed E-state index contributed by atoms with van der Waals surface area (Å²) < 4.78 is 5.58. The summed E-state index contributed by atoms with van der Waals surface area (Å²) in [6.45, 7) is 0.510. The lowest BCUT2D eigenvalue weighted by atomic mass is 10.00. The van der Waals surface area contributed by atoms with Crippen molar-refractivity contribution in [1.82, 2.24) is 5.32 Å². The molecule has 0 bridgehead atoms. The monoisotopic (exact) mass is 327 g/mol. The van der Waals surface area contributed by atoms with Gasteiger partial charge in [0.1, 0.15) is 5.75 Å². The van der Waals surface area contributed by atoms with Crippen molar-refractivity contribution in [3.63, 3.8) is 0 Å². The first-order valence-electron chi connectivity index (χ1n) is 7.59. The van der Waals surface area contributed by atoms with E-state index >= 15 is 0 Å². The van der Waals surface area contributed by atoms with Crippen LogP contribution in [-0.2, 0) is 0 Å². The summed E-state index contributed by atoms with van der Waals surface area (Å²) in [5, 5.41) is 16.8. The number of para-hydroxylation sites is 1. The fraction of sp³-hybridized carbons (Fsp3) is 0.235. The Bertz CT molecular complexity index is 791. The zero-order valence-corrected chi connectivity index (χ0v) is 13.1. The van der Waals surface area contributed by atoms with Crippen LogP contribution in [0.25, 0.3) is 0 Å². The lowest BCUT2D eigenvalue weighted by Crippen LogP contribution is -2.32. The molecule has 2 N–H and O–H groups in total. The van der Waals surface area contributed by atoms with E-state index in [2.05, 4.69) is 10.6 Å². The number of anilines is 1. The van der Waals surface area contributed by atoms with E-state index in [4.69, 9.17) is 4.74 Å². The second-order valence-corrected chi connectivity index (χ2v) is 5.44. The first-order valence-corrected chi connectivity index (χ1v) is 7.59. The average Bonchev–Trinajstić information content (AvgIpc) is 2.61. The number of nitrogens with one attached hydrogen (secondary N) is 2. The number of amides is 1. The molecule has 7 nitrogen and oxygen atoms in total. The molecule has 0 saturated carbocycles. The number of carbonyl (C=O) groups excluding carboxylic acids is 1. The van der Waals surface area contributed by atoms with Crippen LogP contribution in [-0.4, -0.2) is 24.5 Å². The van der Waals surface area contributed by atoms with Gasteiger partial charge in [-0.1, -0.05) is 18.2 Å². The van der Waals surface area contributed by atoms with E-state index in [-0.39, 0.29) is 23.2 Å². The highest BCUT2D eigenvalue weighted by molar-refractivity contribution is 6.00. The Morgan fingerprint density at radius 3 is 2.83 bits per heavy atom. The second kappa shape index (κ2) is 6.57. The van der Waals surface area contributed by atoms with Crippen molar-refractivity contribution >= 4 is 17.3 Å². The standard InChI is InChI=1S/C17H17N3O4/c1-18-14-7-6-11(20(22)23)10-13(14)17(21)19-15-8-9-24-16-5-3-2-4-12(15)16/h2-7,10,15,18H,8-9H2,1H3,(H,19,21). The number of hydrogen-bond donors (Lipinski definition) is 2. The number of hydrogen-bond acceptors (Lipinski definition) is 5. The molecule has 1 atom stereocenters. The van der Waals surface area contributed by atoms with E-state index in [0.717, 1.165) is 11.3 Å². The Morgan fingerprint density at radius 2 is 2.08 bits per heavy atom. The maximum Gasteiger partial charge on any atom is 0.270 e. The lowest BCUT2D eigenvalue weighted by molar-refractivity contribution is -0.384. The molecule has 7 heteroatoms. The predicted octanol–water partition coefficient (Wildman–Crippen LogP) is 2.89. The zero-order valence-electron chi connectivity index (χ0n) is 13.1. The van der Waals surface area contributed by atoms with Crippen molar-refractivity contribution in [1.29, 1.82) is 0 Å². The van der Waals surface area contributed by atoms with Crippen molar-refractivity contribution in [2.24, 2.45) is 0 Å². The quantitative estimate of drug-likeness (QED) is 0.665. The largest absolute Gasteiger partial charge is 0.493 e. The second-order valence-electron chi connectivity index (χ2n) is 5.44. The molecule has 0 radical (unpaired) electrons. The minimum Gasteiger partial charge on any atom is -0.493 e. The number of ether oxygens (including phenoxy) is 1. The Labute approximate surface area is 138 Å². The van der Waals surface area contributed by atoms with Crippen LogP contribution in [0.1, 0.15) is 28.4 Å². The molecule has 24 heavy (non-hydrogen) atoms. The Morgan fingerprint density at radius 1 is 1.29 bits per heavy atom. The summed E-state index contributed by atoms with van der Waals surface area (Å²) in [6, 6.07) is 11.5. The number of carbonyl (C=O) groups is 1. The Kier molecular flexibility index (Phi) is 4.33. The third-order valence-electron chi connectivity index (χ3n) is 3.99. The maximum absolute atomic E-state index is 12.7. The van der Waals surface area contributed by atoms with Gasteiger partial charge in [-0.25, -0.2) is 0 Å². The minimum absolute atomic E-state index is 0.119. The highest BCUT2D eigenvalue weighted by Gasteiger charge is 2.24. The summed E-state index contributed by atoms with van der Waals surface area (Å²) in [7, 11) is 1.67. The first-order chi connectivity index (χ1) is 11.6. The average molecular weight is 327 g/mol. The highest BCUT2D eigenvalue weighted by Crippen LogP contribution is 2.32. The van der Waals surface area contributed by atoms with Crippen LogP contribution in [0.15, 0.2) is 42.5 Å². The third-order valence-corrected chi connectivity index (χ3v) is 3.99. The fourth-order valence-electron chi connectivity index (χ4n) is 2.78. The van der Waals surface area contributed by atoms with Gasteiger partial charge in [-0.05, 0) is 12.1 Å². The minimum atomic E-state index is -0.514. The fourth-order valence-corrected chi connectivity index (χ4v) is 2.78. The molecule has 1 aliphatic rings. The van der Waals surface area contributed by atoms with E-state index in [1.54, 1.807) is 7.05 Å². The number of rotatable bonds is 4. The summed E-state index contributed by atoms with van der Waals surface area (Å²) in [5.41, 5.74) is 1.58. The van der Waals surface area contributed by atoms with Gasteiger partial charge in [0.15, 0.2) is 0 Å². The molecule has 1 unspecified atom stereocenters. The molecule has 0 saturated heterocycles. The summed E-state index contributed by atoms with van der Waals surface area (Å²) in [6.07, 6.45) is 0.645.